The summed E-state index contributed by atoms with van der Waals surface area (Å²) in [6.45, 7) is 6.89. The highest BCUT2D eigenvalue weighted by molar-refractivity contribution is 9.09. The average molecular weight is 337 g/mol. The molecular formula is C15H17BrO2Si. The first-order valence-electron chi connectivity index (χ1n) is 6.20. The van der Waals surface area contributed by atoms with Gasteiger partial charge in [0, 0.05) is 11.1 Å². The lowest BCUT2D eigenvalue weighted by Gasteiger charge is -2.16. The van der Waals surface area contributed by atoms with E-state index in [1.165, 1.54) is 5.19 Å². The molecule has 0 amide bonds. The van der Waals surface area contributed by atoms with Gasteiger partial charge in [0.05, 0.1) is 25.9 Å². The number of hydrogen-bond donors (Lipinski definition) is 0. The first-order chi connectivity index (χ1) is 8.93. The Bertz CT molecular complexity index is 579. The molecule has 1 aromatic heterocycles. The van der Waals surface area contributed by atoms with E-state index < -0.39 is 8.07 Å². The third kappa shape index (κ3) is 3.07. The van der Waals surface area contributed by atoms with Crippen molar-refractivity contribution in [1.29, 1.82) is 0 Å². The minimum absolute atomic E-state index is 0.101. The predicted molar refractivity (Wildman–Crippen MR) is 85.2 cm³/mol. The van der Waals surface area contributed by atoms with Crippen LogP contribution in [0.3, 0.4) is 0 Å². The van der Waals surface area contributed by atoms with Crippen molar-refractivity contribution in [2.75, 3.05) is 5.33 Å². The van der Waals surface area contributed by atoms with Crippen LogP contribution in [0.1, 0.15) is 10.4 Å². The summed E-state index contributed by atoms with van der Waals surface area (Å²) in [6, 6.07) is 7.73. The number of carbonyl (C=O) groups is 1. The Labute approximate surface area is 123 Å². The number of benzene rings is 1. The maximum Gasteiger partial charge on any atom is 0.173 e. The number of alkyl halides is 1. The van der Waals surface area contributed by atoms with Gasteiger partial charge in [0.25, 0.3) is 0 Å². The van der Waals surface area contributed by atoms with Crippen LogP contribution >= 0.6 is 15.9 Å². The van der Waals surface area contributed by atoms with Gasteiger partial charge in [-0.25, -0.2) is 0 Å². The summed E-state index contributed by atoms with van der Waals surface area (Å²) >= 11 is 3.19. The molecule has 0 aliphatic carbocycles. The van der Waals surface area contributed by atoms with E-state index in [1.54, 1.807) is 6.26 Å². The van der Waals surface area contributed by atoms with Gasteiger partial charge in [-0.05, 0) is 10.8 Å². The molecule has 2 nitrogen and oxygen atoms in total. The van der Waals surface area contributed by atoms with E-state index in [9.17, 15) is 4.79 Å². The summed E-state index contributed by atoms with van der Waals surface area (Å²) in [5.41, 5.74) is 2.99. The van der Waals surface area contributed by atoms with Crippen LogP contribution < -0.4 is 5.19 Å². The Morgan fingerprint density at radius 1 is 1.16 bits per heavy atom. The number of ketones is 1. The van der Waals surface area contributed by atoms with Crippen LogP contribution in [-0.2, 0) is 0 Å². The van der Waals surface area contributed by atoms with Crippen molar-refractivity contribution in [3.63, 3.8) is 0 Å². The van der Waals surface area contributed by atoms with E-state index in [0.717, 1.165) is 16.7 Å². The molecular weight excluding hydrogens is 320 g/mol. The van der Waals surface area contributed by atoms with Crippen LogP contribution in [0.4, 0.5) is 0 Å². The Balaban J connectivity index is 2.39. The Morgan fingerprint density at radius 2 is 1.79 bits per heavy atom. The quantitative estimate of drug-likeness (QED) is 0.478. The van der Waals surface area contributed by atoms with Gasteiger partial charge in [-0.3, -0.25) is 4.79 Å². The van der Waals surface area contributed by atoms with E-state index >= 15 is 0 Å². The highest BCUT2D eigenvalue weighted by atomic mass is 79.9. The standard InChI is InChI=1S/C15H17BrO2Si/c1-19(2,3)15-10-18-9-13(15)11-4-6-12(7-5-11)14(17)8-16/h4-7,9-10H,8H2,1-3H3. The molecule has 0 atom stereocenters. The smallest absolute Gasteiger partial charge is 0.173 e. The molecule has 0 spiro atoms. The molecule has 1 heterocycles. The number of carbonyl (C=O) groups excluding carboxylic acids is 1. The van der Waals surface area contributed by atoms with Crippen molar-refractivity contribution in [1.82, 2.24) is 0 Å². The van der Waals surface area contributed by atoms with Crippen LogP contribution in [0.15, 0.2) is 41.2 Å². The third-order valence-corrected chi connectivity index (χ3v) is 5.62. The number of hydrogen-bond acceptors (Lipinski definition) is 2. The maximum atomic E-state index is 11.6. The Kier molecular flexibility index (Phi) is 4.11. The molecule has 0 radical (unpaired) electrons. The molecule has 0 saturated heterocycles. The van der Waals surface area contributed by atoms with Gasteiger partial charge in [0.1, 0.15) is 0 Å². The molecule has 4 heteroatoms. The molecule has 1 aromatic carbocycles. The number of furan rings is 1. The first kappa shape index (κ1) is 14.3. The fraction of sp³-hybridized carbons (Fsp3) is 0.267. The zero-order valence-corrected chi connectivity index (χ0v) is 14.0. The molecule has 0 bridgehead atoms. The van der Waals surface area contributed by atoms with Crippen molar-refractivity contribution >= 4 is 35.0 Å². The number of Topliss-reactive ketones (excluding diaryl/α,β-unsaturated/α-hetero) is 1. The summed E-state index contributed by atoms with van der Waals surface area (Å²) in [7, 11) is -1.42. The molecule has 0 unspecified atom stereocenters. The lowest BCUT2D eigenvalue weighted by atomic mass is 10.1. The molecule has 100 valence electrons. The second-order valence-corrected chi connectivity index (χ2v) is 11.2. The average Bonchev–Trinajstić information content (AvgIpc) is 2.87. The number of halogens is 1. The van der Waals surface area contributed by atoms with Crippen LogP contribution in [0, 0.1) is 0 Å². The molecule has 0 aliphatic heterocycles. The second-order valence-electron chi connectivity index (χ2n) is 5.58. The minimum atomic E-state index is -1.42. The fourth-order valence-electron chi connectivity index (χ4n) is 2.01. The number of rotatable bonds is 4. The minimum Gasteiger partial charge on any atom is -0.472 e. The first-order valence-corrected chi connectivity index (χ1v) is 10.8. The highest BCUT2D eigenvalue weighted by Gasteiger charge is 2.22. The zero-order valence-electron chi connectivity index (χ0n) is 11.4. The van der Waals surface area contributed by atoms with Gasteiger partial charge < -0.3 is 4.42 Å². The molecule has 2 rings (SSSR count). The topological polar surface area (TPSA) is 30.2 Å². The molecule has 19 heavy (non-hydrogen) atoms. The van der Waals surface area contributed by atoms with Crippen LogP contribution in [0.2, 0.25) is 19.6 Å². The normalized spacial score (nSPS) is 11.6. The van der Waals surface area contributed by atoms with Crippen LogP contribution in [-0.4, -0.2) is 19.2 Å². The molecule has 0 N–H and O–H groups in total. The SMILES string of the molecule is C[Si](C)(C)c1cocc1-c1ccc(C(=O)CBr)cc1. The largest absolute Gasteiger partial charge is 0.472 e. The van der Waals surface area contributed by atoms with E-state index in [2.05, 4.69) is 35.6 Å². The fourth-order valence-corrected chi connectivity index (χ4v) is 3.77. The molecule has 0 fully saturated rings. The predicted octanol–water partition coefficient (Wildman–Crippen LogP) is 4.07. The van der Waals surface area contributed by atoms with E-state index in [4.69, 9.17) is 4.42 Å². The summed E-state index contributed by atoms with van der Waals surface area (Å²) in [4.78, 5) is 11.6. The second kappa shape index (κ2) is 5.47. The van der Waals surface area contributed by atoms with Gasteiger partial charge >= 0.3 is 0 Å². The van der Waals surface area contributed by atoms with Gasteiger partial charge in [0.2, 0.25) is 0 Å². The summed E-state index contributed by atoms with van der Waals surface area (Å²) in [6.07, 6.45) is 3.66. The lowest BCUT2D eigenvalue weighted by Crippen LogP contribution is -2.37. The van der Waals surface area contributed by atoms with Gasteiger partial charge in [-0.2, -0.15) is 0 Å². The monoisotopic (exact) mass is 336 g/mol. The van der Waals surface area contributed by atoms with Crippen LogP contribution in [0.5, 0.6) is 0 Å². The van der Waals surface area contributed by atoms with E-state index in [1.807, 2.05) is 30.5 Å². The van der Waals surface area contributed by atoms with E-state index in [-0.39, 0.29) is 5.78 Å². The van der Waals surface area contributed by atoms with Crippen molar-refractivity contribution in [2.24, 2.45) is 0 Å². The molecule has 0 saturated carbocycles. The molecule has 0 aliphatic rings. The summed E-state index contributed by atoms with van der Waals surface area (Å²) in [5, 5.41) is 1.67. The Morgan fingerprint density at radius 3 is 2.32 bits per heavy atom. The summed E-state index contributed by atoms with van der Waals surface area (Å²) < 4.78 is 5.39. The van der Waals surface area contributed by atoms with Gasteiger partial charge in [-0.1, -0.05) is 59.8 Å². The van der Waals surface area contributed by atoms with Crippen LogP contribution in [0.25, 0.3) is 11.1 Å². The highest BCUT2D eigenvalue weighted by Crippen LogP contribution is 2.22. The third-order valence-electron chi connectivity index (χ3n) is 3.11. The Hall–Kier alpha value is -1.13. The van der Waals surface area contributed by atoms with Gasteiger partial charge in [0.15, 0.2) is 5.78 Å². The zero-order chi connectivity index (χ0) is 14.0. The van der Waals surface area contributed by atoms with Crippen molar-refractivity contribution < 1.29 is 9.21 Å². The van der Waals surface area contributed by atoms with Gasteiger partial charge in [-0.15, -0.1) is 0 Å². The summed E-state index contributed by atoms with van der Waals surface area (Å²) in [5.74, 6) is 0.101. The van der Waals surface area contributed by atoms with Crippen molar-refractivity contribution in [2.45, 2.75) is 19.6 Å². The van der Waals surface area contributed by atoms with Crippen molar-refractivity contribution in [3.05, 3.63) is 42.4 Å². The lowest BCUT2D eigenvalue weighted by molar-refractivity contribution is 0.102. The molecule has 2 aromatic rings. The van der Waals surface area contributed by atoms with E-state index in [0.29, 0.717) is 5.33 Å². The van der Waals surface area contributed by atoms with Crippen molar-refractivity contribution in [3.8, 4) is 11.1 Å². The maximum absolute atomic E-state index is 11.6.